The Morgan fingerprint density at radius 3 is 2.61 bits per heavy atom. The summed E-state index contributed by atoms with van der Waals surface area (Å²) in [7, 11) is 0. The van der Waals surface area contributed by atoms with Gasteiger partial charge in [0.25, 0.3) is 0 Å². The molecule has 3 aromatic heterocycles. The lowest BCUT2D eigenvalue weighted by atomic mass is 9.80. The van der Waals surface area contributed by atoms with Gasteiger partial charge in [0.1, 0.15) is 17.2 Å². The van der Waals surface area contributed by atoms with Crippen molar-refractivity contribution < 1.29 is 23.4 Å². The topological polar surface area (TPSA) is 80.0 Å². The maximum Gasteiger partial charge on any atom is 0.387 e. The lowest BCUT2D eigenvalue weighted by molar-refractivity contribution is -0.149. The summed E-state index contributed by atoms with van der Waals surface area (Å²) in [6.07, 6.45) is 5.09. The number of rotatable bonds is 7. The Morgan fingerprint density at radius 2 is 1.92 bits per heavy atom. The summed E-state index contributed by atoms with van der Waals surface area (Å²) in [6.45, 7) is 1.89. The van der Waals surface area contributed by atoms with Gasteiger partial charge >= 0.3 is 12.6 Å². The number of halogens is 3. The van der Waals surface area contributed by atoms with Crippen LogP contribution in [0.4, 0.5) is 14.6 Å². The second kappa shape index (κ2) is 10.2. The van der Waals surface area contributed by atoms with Crippen molar-refractivity contribution in [3.63, 3.8) is 0 Å². The van der Waals surface area contributed by atoms with E-state index in [9.17, 15) is 18.7 Å². The Kier molecular flexibility index (Phi) is 6.96. The zero-order chi connectivity index (χ0) is 27.0. The van der Waals surface area contributed by atoms with Gasteiger partial charge < -0.3 is 19.1 Å². The molecule has 0 saturated carbocycles. The monoisotopic (exact) mass is 540 g/mol. The molecule has 1 fully saturated rings. The number of carbonyl (C=O) groups is 1. The van der Waals surface area contributed by atoms with E-state index in [-0.39, 0.29) is 5.75 Å². The summed E-state index contributed by atoms with van der Waals surface area (Å²) in [5.41, 5.74) is 3.97. The first kappa shape index (κ1) is 25.9. The zero-order valence-electron chi connectivity index (χ0n) is 21.0. The Bertz CT molecular complexity index is 1500. The number of carboxylic acids is 1. The number of imidazole rings is 1. The summed E-state index contributed by atoms with van der Waals surface area (Å²) in [5, 5.41) is 9.98. The molecule has 0 unspecified atom stereocenters. The lowest BCUT2D eigenvalue weighted by Gasteiger charge is -2.37. The molecule has 10 heteroatoms. The minimum Gasteiger partial charge on any atom is -0.481 e. The Morgan fingerprint density at radius 1 is 1.18 bits per heavy atom. The van der Waals surface area contributed by atoms with E-state index in [1.54, 1.807) is 31.3 Å². The number of piperidine rings is 1. The number of aryl methyl sites for hydroxylation is 1. The molecule has 5 rings (SSSR count). The molecule has 1 saturated heterocycles. The molecule has 0 amide bonds. The number of alkyl halides is 2. The smallest absolute Gasteiger partial charge is 0.387 e. The number of aromatic nitrogens is 3. The Balaban J connectivity index is 1.43. The number of pyridine rings is 2. The van der Waals surface area contributed by atoms with Gasteiger partial charge in [-0.2, -0.15) is 8.78 Å². The average molecular weight is 541 g/mol. The van der Waals surface area contributed by atoms with Gasteiger partial charge in [0.2, 0.25) is 0 Å². The third-order valence-electron chi connectivity index (χ3n) is 7.30. The van der Waals surface area contributed by atoms with E-state index < -0.39 is 18.0 Å². The quantitative estimate of drug-likeness (QED) is 0.299. The fraction of sp³-hybridized carbons (Fsp3) is 0.321. The molecule has 0 bridgehead atoms. The predicted octanol–water partition coefficient (Wildman–Crippen LogP) is 6.24. The Hall–Kier alpha value is -3.72. The van der Waals surface area contributed by atoms with Crippen LogP contribution in [0.1, 0.15) is 36.7 Å². The molecule has 1 aromatic carbocycles. The molecule has 198 valence electrons. The number of aliphatic carboxylic acids is 1. The van der Waals surface area contributed by atoms with Crippen LogP contribution < -0.4 is 9.64 Å². The van der Waals surface area contributed by atoms with Crippen molar-refractivity contribution >= 4 is 29.0 Å². The number of ether oxygens (including phenoxy) is 1. The van der Waals surface area contributed by atoms with Crippen molar-refractivity contribution in [2.45, 2.75) is 39.7 Å². The SMILES string of the molecule is Cc1nc2ccc(-c3cnc(N4CCC(C)(C(=O)O)CC4)c(Cl)c3)cn2c1Cc1ccccc1OC(F)F. The second-order valence-electron chi connectivity index (χ2n) is 9.84. The number of benzene rings is 1. The van der Waals surface area contributed by atoms with Crippen molar-refractivity contribution in [2.75, 3.05) is 18.0 Å². The van der Waals surface area contributed by atoms with Crippen molar-refractivity contribution in [3.05, 3.63) is 76.8 Å². The minimum atomic E-state index is -2.90. The first-order chi connectivity index (χ1) is 18.1. The van der Waals surface area contributed by atoms with E-state index in [2.05, 4.69) is 9.97 Å². The van der Waals surface area contributed by atoms with Gasteiger partial charge in [0.05, 0.1) is 16.1 Å². The van der Waals surface area contributed by atoms with Gasteiger partial charge in [-0.15, -0.1) is 0 Å². The third-order valence-corrected chi connectivity index (χ3v) is 7.58. The summed E-state index contributed by atoms with van der Waals surface area (Å²) < 4.78 is 32.5. The molecule has 0 spiro atoms. The number of carboxylic acid groups (broad SMARTS) is 1. The number of nitrogens with zero attached hydrogens (tertiary/aromatic N) is 4. The first-order valence-corrected chi connectivity index (χ1v) is 12.7. The molecule has 1 aliphatic heterocycles. The average Bonchev–Trinajstić information content (AvgIpc) is 3.19. The number of para-hydroxylation sites is 1. The molecule has 4 heterocycles. The third kappa shape index (κ3) is 5.03. The van der Waals surface area contributed by atoms with E-state index in [1.165, 1.54) is 6.07 Å². The molecule has 0 radical (unpaired) electrons. The normalized spacial score (nSPS) is 15.3. The number of hydrogen-bond donors (Lipinski definition) is 1. The molecular weight excluding hydrogens is 514 g/mol. The molecule has 7 nitrogen and oxygen atoms in total. The maximum absolute atomic E-state index is 12.9. The summed E-state index contributed by atoms with van der Waals surface area (Å²) in [6, 6.07) is 12.4. The van der Waals surface area contributed by atoms with Crippen LogP contribution in [0.15, 0.2) is 54.9 Å². The van der Waals surface area contributed by atoms with E-state index in [0.717, 1.165) is 28.2 Å². The first-order valence-electron chi connectivity index (χ1n) is 12.3. The van der Waals surface area contributed by atoms with Crippen molar-refractivity contribution in [1.29, 1.82) is 0 Å². The van der Waals surface area contributed by atoms with Gasteiger partial charge in [-0.1, -0.05) is 29.8 Å². The van der Waals surface area contributed by atoms with Crippen LogP contribution in [0.5, 0.6) is 5.75 Å². The minimum absolute atomic E-state index is 0.140. The summed E-state index contributed by atoms with van der Waals surface area (Å²) in [5.74, 6) is 0.000724. The van der Waals surface area contributed by atoms with Crippen LogP contribution in [0.2, 0.25) is 5.02 Å². The van der Waals surface area contributed by atoms with E-state index in [0.29, 0.717) is 48.8 Å². The van der Waals surface area contributed by atoms with E-state index >= 15 is 0 Å². The van der Waals surface area contributed by atoms with Gasteiger partial charge in [0, 0.05) is 54.3 Å². The summed E-state index contributed by atoms with van der Waals surface area (Å²) >= 11 is 6.65. The summed E-state index contributed by atoms with van der Waals surface area (Å²) in [4.78, 5) is 22.8. The molecule has 1 N–H and O–H groups in total. The zero-order valence-corrected chi connectivity index (χ0v) is 21.8. The fourth-order valence-electron chi connectivity index (χ4n) is 4.88. The molecule has 0 aliphatic carbocycles. The Labute approximate surface area is 223 Å². The van der Waals surface area contributed by atoms with Crippen LogP contribution in [0.25, 0.3) is 16.8 Å². The van der Waals surface area contributed by atoms with Gasteiger partial charge in [-0.05, 0) is 51.0 Å². The van der Waals surface area contributed by atoms with Crippen molar-refractivity contribution in [2.24, 2.45) is 5.41 Å². The highest BCUT2D eigenvalue weighted by Gasteiger charge is 2.37. The van der Waals surface area contributed by atoms with Crippen LogP contribution in [0, 0.1) is 12.3 Å². The fourth-order valence-corrected chi connectivity index (χ4v) is 5.17. The van der Waals surface area contributed by atoms with E-state index in [4.69, 9.17) is 16.3 Å². The lowest BCUT2D eigenvalue weighted by Crippen LogP contribution is -2.43. The van der Waals surface area contributed by atoms with E-state index in [1.807, 2.05) is 40.6 Å². The van der Waals surface area contributed by atoms with Crippen LogP contribution in [0.3, 0.4) is 0 Å². The molecule has 38 heavy (non-hydrogen) atoms. The highest BCUT2D eigenvalue weighted by atomic mass is 35.5. The molecule has 0 atom stereocenters. The second-order valence-corrected chi connectivity index (χ2v) is 10.2. The van der Waals surface area contributed by atoms with Crippen molar-refractivity contribution in [3.8, 4) is 16.9 Å². The van der Waals surface area contributed by atoms with Gasteiger partial charge in [-0.3, -0.25) is 4.79 Å². The highest BCUT2D eigenvalue weighted by molar-refractivity contribution is 6.33. The number of anilines is 1. The molecule has 4 aromatic rings. The number of fused-ring (bicyclic) bond motifs is 1. The van der Waals surface area contributed by atoms with Gasteiger partial charge in [0.15, 0.2) is 0 Å². The van der Waals surface area contributed by atoms with Crippen LogP contribution >= 0.6 is 11.6 Å². The predicted molar refractivity (Wildman–Crippen MR) is 141 cm³/mol. The van der Waals surface area contributed by atoms with Crippen molar-refractivity contribution in [1.82, 2.24) is 14.4 Å². The maximum atomic E-state index is 12.9. The molecular formula is C28H27ClF2N4O3. The number of hydrogen-bond acceptors (Lipinski definition) is 5. The van der Waals surface area contributed by atoms with Gasteiger partial charge in [-0.25, -0.2) is 9.97 Å². The largest absolute Gasteiger partial charge is 0.481 e. The molecule has 1 aliphatic rings. The van der Waals surface area contributed by atoms with Crippen LogP contribution in [-0.4, -0.2) is 45.1 Å². The standard InChI is InChI=1S/C28H27ClF2N4O3/c1-17-22(14-18-5-3-4-6-23(18)38-27(30)31)35-16-19(7-8-24(35)33-17)20-13-21(29)25(32-15-20)34-11-9-28(2,10-12-34)26(36)37/h3-8,13,15-16,27H,9-12,14H2,1-2H3,(H,36,37). The van der Waals surface area contributed by atoms with Crippen LogP contribution in [-0.2, 0) is 11.2 Å². The highest BCUT2D eigenvalue weighted by Crippen LogP contribution is 2.36.